The van der Waals surface area contributed by atoms with E-state index in [0.717, 1.165) is 11.1 Å². The van der Waals surface area contributed by atoms with Gasteiger partial charge in [0, 0.05) is 6.42 Å². The van der Waals surface area contributed by atoms with E-state index in [1.807, 2.05) is 91.0 Å². The molecule has 0 aliphatic carbocycles. The summed E-state index contributed by atoms with van der Waals surface area (Å²) in [6.45, 7) is 1.88. The topological polar surface area (TPSA) is 74.2 Å². The lowest BCUT2D eigenvalue weighted by Crippen LogP contribution is -2.72. The molecule has 6 heteroatoms. The van der Waals surface area contributed by atoms with Gasteiger partial charge in [0.05, 0.1) is 19.4 Å². The number of methoxy groups -OCH3 is 1. The lowest BCUT2D eigenvalue weighted by Gasteiger charge is -2.46. The Labute approximate surface area is 198 Å². The second-order valence-electron chi connectivity index (χ2n) is 8.42. The molecule has 0 unspecified atom stereocenters. The Hall–Kier alpha value is -3.77. The van der Waals surface area contributed by atoms with Crippen LogP contribution in [0.1, 0.15) is 30.0 Å². The fourth-order valence-corrected chi connectivity index (χ4v) is 5.18. The summed E-state index contributed by atoms with van der Waals surface area (Å²) in [6, 6.07) is 28.4. The van der Waals surface area contributed by atoms with Crippen LogP contribution >= 0.6 is 0 Å². The molecule has 1 fully saturated rings. The average molecular weight is 456 g/mol. The number of ether oxygens (including phenoxy) is 3. The van der Waals surface area contributed by atoms with Crippen molar-refractivity contribution in [3.8, 4) is 0 Å². The van der Waals surface area contributed by atoms with Gasteiger partial charge in [-0.3, -0.25) is 4.99 Å². The minimum atomic E-state index is -1.76. The molecule has 34 heavy (non-hydrogen) atoms. The van der Waals surface area contributed by atoms with Crippen LogP contribution in [0, 0.1) is 0 Å². The highest BCUT2D eigenvalue weighted by atomic mass is 16.6. The first-order valence-electron chi connectivity index (χ1n) is 11.3. The molecule has 0 saturated carbocycles. The summed E-state index contributed by atoms with van der Waals surface area (Å²) in [4.78, 5) is 32.0. The largest absolute Gasteiger partial charge is 0.466 e. The molecule has 3 aromatic rings. The Kier molecular flexibility index (Phi) is 5.33. The zero-order valence-corrected chi connectivity index (χ0v) is 19.1. The smallest absolute Gasteiger partial charge is 0.347 e. The van der Waals surface area contributed by atoms with Gasteiger partial charge in [0.15, 0.2) is 0 Å². The van der Waals surface area contributed by atoms with Crippen LogP contribution in [0.25, 0.3) is 0 Å². The number of rotatable bonds is 6. The van der Waals surface area contributed by atoms with Crippen LogP contribution in [0.15, 0.2) is 96.0 Å². The molecule has 2 aliphatic rings. The van der Waals surface area contributed by atoms with Crippen LogP contribution in [-0.4, -0.2) is 42.5 Å². The number of aliphatic imine (C=N–C) groups is 1. The second-order valence-corrected chi connectivity index (χ2v) is 8.42. The van der Waals surface area contributed by atoms with E-state index in [1.165, 1.54) is 7.11 Å². The van der Waals surface area contributed by atoms with E-state index >= 15 is 0 Å². The van der Waals surface area contributed by atoms with Gasteiger partial charge in [0.1, 0.15) is 5.60 Å². The SMILES string of the molecule is CCOC(=O)[C@]12CC(c3ccccc3)(c3ccccc3)O[C@@]1(C(=O)OC)C(c1ccccc1)=N2. The Balaban J connectivity index is 1.79. The normalized spacial score (nSPS) is 24.4. The minimum Gasteiger partial charge on any atom is -0.466 e. The van der Waals surface area contributed by atoms with Gasteiger partial charge >= 0.3 is 11.9 Å². The molecule has 0 radical (unpaired) electrons. The fraction of sp³-hybridized carbons (Fsp3) is 0.250. The fourth-order valence-electron chi connectivity index (χ4n) is 5.18. The summed E-state index contributed by atoms with van der Waals surface area (Å²) in [5, 5.41) is 0. The van der Waals surface area contributed by atoms with Crippen LogP contribution in [0.3, 0.4) is 0 Å². The van der Waals surface area contributed by atoms with Crippen molar-refractivity contribution < 1.29 is 23.8 Å². The Bertz CT molecular complexity index is 1200. The maximum Gasteiger partial charge on any atom is 0.347 e. The molecule has 2 atom stereocenters. The quantitative estimate of drug-likeness (QED) is 0.524. The van der Waals surface area contributed by atoms with E-state index in [-0.39, 0.29) is 13.0 Å². The summed E-state index contributed by atoms with van der Waals surface area (Å²) < 4.78 is 17.7. The third-order valence-electron chi connectivity index (χ3n) is 6.66. The van der Waals surface area contributed by atoms with Crippen LogP contribution in [-0.2, 0) is 29.4 Å². The van der Waals surface area contributed by atoms with E-state index in [0.29, 0.717) is 11.3 Å². The van der Waals surface area contributed by atoms with Gasteiger partial charge in [0.25, 0.3) is 0 Å². The van der Waals surface area contributed by atoms with Crippen molar-refractivity contribution in [1.82, 2.24) is 0 Å². The van der Waals surface area contributed by atoms with Crippen LogP contribution in [0.2, 0.25) is 0 Å². The van der Waals surface area contributed by atoms with Gasteiger partial charge in [-0.1, -0.05) is 91.0 Å². The van der Waals surface area contributed by atoms with Crippen LogP contribution in [0.5, 0.6) is 0 Å². The van der Waals surface area contributed by atoms with Crippen molar-refractivity contribution in [2.75, 3.05) is 13.7 Å². The molecular formula is C28H25NO5. The molecule has 0 spiro atoms. The average Bonchev–Trinajstić information content (AvgIpc) is 3.13. The first-order chi connectivity index (χ1) is 16.5. The molecule has 2 aliphatic heterocycles. The highest BCUT2D eigenvalue weighted by Crippen LogP contribution is 2.61. The number of carbonyl (C=O) groups excluding carboxylic acids is 2. The van der Waals surface area contributed by atoms with E-state index in [4.69, 9.17) is 19.2 Å². The molecule has 0 amide bonds. The van der Waals surface area contributed by atoms with E-state index in [1.54, 1.807) is 6.92 Å². The highest BCUT2D eigenvalue weighted by Gasteiger charge is 2.81. The van der Waals surface area contributed by atoms with Gasteiger partial charge in [-0.2, -0.15) is 0 Å². The lowest BCUT2D eigenvalue weighted by atomic mass is 9.66. The second kappa shape index (κ2) is 8.22. The molecule has 1 saturated heterocycles. The van der Waals surface area contributed by atoms with Crippen molar-refractivity contribution in [1.29, 1.82) is 0 Å². The number of benzene rings is 3. The van der Waals surface area contributed by atoms with Crippen molar-refractivity contribution in [3.63, 3.8) is 0 Å². The van der Waals surface area contributed by atoms with Crippen molar-refractivity contribution in [2.45, 2.75) is 30.1 Å². The van der Waals surface area contributed by atoms with Crippen LogP contribution in [0.4, 0.5) is 0 Å². The molecule has 6 nitrogen and oxygen atoms in total. The molecular weight excluding hydrogens is 430 g/mol. The van der Waals surface area contributed by atoms with Crippen molar-refractivity contribution >= 4 is 17.7 Å². The number of hydrogen-bond acceptors (Lipinski definition) is 6. The first-order valence-corrected chi connectivity index (χ1v) is 11.3. The van der Waals surface area contributed by atoms with E-state index in [2.05, 4.69) is 0 Å². The lowest BCUT2D eigenvalue weighted by molar-refractivity contribution is -0.178. The summed E-state index contributed by atoms with van der Waals surface area (Å²) in [6.07, 6.45) is 0.0955. The standard InChI is InChI=1S/C28H25NO5/c1-3-33-24(30)27-19-26(21-15-9-5-10-16-21,22-17-11-6-12-18-22)34-28(27,25(31)32-2)23(29-27)20-13-7-4-8-14-20/h4-18H,3,19H2,1-2H3/t27-,28-/m1/s1. The number of esters is 2. The molecule has 0 aromatic heterocycles. The molecule has 2 heterocycles. The predicted octanol–water partition coefficient (Wildman–Crippen LogP) is 4.07. The Morgan fingerprint density at radius 3 is 1.88 bits per heavy atom. The highest BCUT2D eigenvalue weighted by molar-refractivity contribution is 6.28. The zero-order valence-electron chi connectivity index (χ0n) is 19.1. The number of nitrogens with zero attached hydrogens (tertiary/aromatic N) is 1. The van der Waals surface area contributed by atoms with Gasteiger partial charge in [0.2, 0.25) is 11.1 Å². The Morgan fingerprint density at radius 2 is 1.38 bits per heavy atom. The van der Waals surface area contributed by atoms with Gasteiger partial charge in [-0.15, -0.1) is 0 Å². The van der Waals surface area contributed by atoms with Crippen molar-refractivity contribution in [2.24, 2.45) is 4.99 Å². The van der Waals surface area contributed by atoms with E-state index in [9.17, 15) is 9.59 Å². The number of carbonyl (C=O) groups is 2. The van der Waals surface area contributed by atoms with E-state index < -0.39 is 28.7 Å². The predicted molar refractivity (Wildman–Crippen MR) is 126 cm³/mol. The first kappa shape index (κ1) is 22.0. The number of hydrogen-bond donors (Lipinski definition) is 0. The zero-order chi connectivity index (χ0) is 23.8. The maximum atomic E-state index is 13.6. The summed E-state index contributed by atoms with van der Waals surface area (Å²) in [5.41, 5.74) is -1.82. The van der Waals surface area contributed by atoms with Gasteiger partial charge < -0.3 is 14.2 Å². The number of fused-ring (bicyclic) bond motifs is 1. The maximum absolute atomic E-state index is 13.6. The summed E-state index contributed by atoms with van der Waals surface area (Å²) in [7, 11) is 1.29. The monoisotopic (exact) mass is 455 g/mol. The molecule has 172 valence electrons. The minimum absolute atomic E-state index is 0.0955. The third-order valence-corrected chi connectivity index (χ3v) is 6.66. The van der Waals surface area contributed by atoms with Crippen molar-refractivity contribution in [3.05, 3.63) is 108 Å². The summed E-state index contributed by atoms with van der Waals surface area (Å²) in [5.74, 6) is -1.28. The molecule has 5 rings (SSSR count). The molecule has 3 aromatic carbocycles. The molecule has 0 N–H and O–H groups in total. The summed E-state index contributed by atoms with van der Waals surface area (Å²) >= 11 is 0. The molecule has 0 bridgehead atoms. The van der Waals surface area contributed by atoms with Gasteiger partial charge in [-0.25, -0.2) is 9.59 Å². The van der Waals surface area contributed by atoms with Crippen LogP contribution < -0.4 is 0 Å². The Morgan fingerprint density at radius 1 is 0.853 bits per heavy atom. The van der Waals surface area contributed by atoms with Gasteiger partial charge in [-0.05, 0) is 23.6 Å². The third kappa shape index (κ3) is 2.88.